The lowest BCUT2D eigenvalue weighted by molar-refractivity contribution is 0.0791. The Balaban J connectivity index is 1.64. The molecule has 1 aliphatic rings. The Labute approximate surface area is 110 Å². The van der Waals surface area contributed by atoms with Gasteiger partial charge in [-0.1, -0.05) is 29.8 Å². The number of aliphatic hydroxyl groups is 1. The zero-order valence-corrected chi connectivity index (χ0v) is 11.3. The van der Waals surface area contributed by atoms with Crippen LogP contribution in [0.3, 0.4) is 0 Å². The molecule has 2 rings (SSSR count). The van der Waals surface area contributed by atoms with Crippen LogP contribution in [0.5, 0.6) is 0 Å². The van der Waals surface area contributed by atoms with Crippen molar-refractivity contribution in [1.82, 2.24) is 0 Å². The van der Waals surface area contributed by atoms with Gasteiger partial charge in [0, 0.05) is 6.61 Å². The number of benzene rings is 1. The Kier molecular flexibility index (Phi) is 5.21. The molecule has 0 aliphatic carbocycles. The first-order chi connectivity index (χ1) is 8.74. The van der Waals surface area contributed by atoms with E-state index in [1.54, 1.807) is 0 Å². The minimum Gasteiger partial charge on any atom is -0.393 e. The highest BCUT2D eigenvalue weighted by Gasteiger charge is 2.16. The molecule has 1 aromatic carbocycles. The van der Waals surface area contributed by atoms with Crippen molar-refractivity contribution in [2.45, 2.75) is 57.7 Å². The van der Waals surface area contributed by atoms with Crippen LogP contribution < -0.4 is 0 Å². The summed E-state index contributed by atoms with van der Waals surface area (Å²) in [5.41, 5.74) is 2.61. The van der Waals surface area contributed by atoms with Gasteiger partial charge in [0.15, 0.2) is 0 Å². The van der Waals surface area contributed by atoms with Crippen molar-refractivity contribution in [3.05, 3.63) is 35.4 Å². The molecular formula is C16H24O2. The SMILES string of the molecule is Cc1ccc(CCC(O)CCC2CCCO2)cc1. The average molecular weight is 248 g/mol. The fourth-order valence-electron chi connectivity index (χ4n) is 2.48. The molecule has 2 heteroatoms. The van der Waals surface area contributed by atoms with E-state index < -0.39 is 0 Å². The third-order valence-corrected chi connectivity index (χ3v) is 3.73. The normalized spacial score (nSPS) is 21.1. The summed E-state index contributed by atoms with van der Waals surface area (Å²) < 4.78 is 5.57. The summed E-state index contributed by atoms with van der Waals surface area (Å²) in [5.74, 6) is 0. The van der Waals surface area contributed by atoms with E-state index in [0.29, 0.717) is 6.10 Å². The van der Waals surface area contributed by atoms with Crippen molar-refractivity contribution in [1.29, 1.82) is 0 Å². The second-order valence-electron chi connectivity index (χ2n) is 5.39. The second kappa shape index (κ2) is 6.91. The standard InChI is InChI=1S/C16H24O2/c1-13-4-6-14(7-5-13)8-9-15(17)10-11-16-3-2-12-18-16/h4-7,15-17H,2-3,8-12H2,1H3. The molecule has 0 amide bonds. The van der Waals surface area contributed by atoms with Crippen LogP contribution in [0.25, 0.3) is 0 Å². The van der Waals surface area contributed by atoms with E-state index in [1.807, 2.05) is 0 Å². The highest BCUT2D eigenvalue weighted by molar-refractivity contribution is 5.21. The van der Waals surface area contributed by atoms with Crippen LogP contribution in [0, 0.1) is 6.92 Å². The number of ether oxygens (including phenoxy) is 1. The Morgan fingerprint density at radius 1 is 1.28 bits per heavy atom. The van der Waals surface area contributed by atoms with Crippen LogP contribution in [-0.4, -0.2) is 23.9 Å². The van der Waals surface area contributed by atoms with Gasteiger partial charge in [0.1, 0.15) is 0 Å². The van der Waals surface area contributed by atoms with Crippen molar-refractivity contribution in [3.63, 3.8) is 0 Å². The molecule has 0 spiro atoms. The van der Waals surface area contributed by atoms with E-state index in [1.165, 1.54) is 24.0 Å². The fourth-order valence-corrected chi connectivity index (χ4v) is 2.48. The van der Waals surface area contributed by atoms with E-state index in [2.05, 4.69) is 31.2 Å². The van der Waals surface area contributed by atoms with Crippen molar-refractivity contribution < 1.29 is 9.84 Å². The fraction of sp³-hybridized carbons (Fsp3) is 0.625. The molecule has 1 aromatic rings. The Morgan fingerprint density at radius 3 is 2.72 bits per heavy atom. The molecule has 1 fully saturated rings. The zero-order valence-electron chi connectivity index (χ0n) is 11.3. The molecule has 1 saturated heterocycles. The molecule has 1 N–H and O–H groups in total. The van der Waals surface area contributed by atoms with Crippen molar-refractivity contribution >= 4 is 0 Å². The molecule has 1 aliphatic heterocycles. The summed E-state index contributed by atoms with van der Waals surface area (Å²) >= 11 is 0. The maximum absolute atomic E-state index is 9.97. The highest BCUT2D eigenvalue weighted by atomic mass is 16.5. The van der Waals surface area contributed by atoms with Gasteiger partial charge in [-0.25, -0.2) is 0 Å². The minimum absolute atomic E-state index is 0.185. The molecule has 18 heavy (non-hydrogen) atoms. The first-order valence-corrected chi connectivity index (χ1v) is 7.09. The summed E-state index contributed by atoms with van der Waals surface area (Å²) in [4.78, 5) is 0. The number of rotatable bonds is 6. The lowest BCUT2D eigenvalue weighted by Crippen LogP contribution is -2.13. The van der Waals surface area contributed by atoms with Gasteiger partial charge in [0.05, 0.1) is 12.2 Å². The Bertz CT molecular complexity index is 339. The Hall–Kier alpha value is -0.860. The molecule has 2 atom stereocenters. The molecule has 2 unspecified atom stereocenters. The van der Waals surface area contributed by atoms with Crippen LogP contribution in [0.2, 0.25) is 0 Å². The molecule has 2 nitrogen and oxygen atoms in total. The van der Waals surface area contributed by atoms with Gasteiger partial charge in [0.25, 0.3) is 0 Å². The van der Waals surface area contributed by atoms with E-state index in [-0.39, 0.29) is 6.10 Å². The smallest absolute Gasteiger partial charge is 0.0577 e. The van der Waals surface area contributed by atoms with Gasteiger partial charge in [0.2, 0.25) is 0 Å². The molecule has 100 valence electrons. The van der Waals surface area contributed by atoms with Gasteiger partial charge in [-0.3, -0.25) is 0 Å². The second-order valence-corrected chi connectivity index (χ2v) is 5.39. The molecular weight excluding hydrogens is 224 g/mol. The predicted octanol–water partition coefficient (Wildman–Crippen LogP) is 3.25. The predicted molar refractivity (Wildman–Crippen MR) is 73.7 cm³/mol. The molecule has 0 radical (unpaired) electrons. The summed E-state index contributed by atoms with van der Waals surface area (Å²) in [6.07, 6.45) is 6.28. The summed E-state index contributed by atoms with van der Waals surface area (Å²) in [6, 6.07) is 8.58. The summed E-state index contributed by atoms with van der Waals surface area (Å²) in [5, 5.41) is 9.97. The topological polar surface area (TPSA) is 29.5 Å². The van der Waals surface area contributed by atoms with Gasteiger partial charge >= 0.3 is 0 Å². The van der Waals surface area contributed by atoms with Crippen molar-refractivity contribution in [2.24, 2.45) is 0 Å². The van der Waals surface area contributed by atoms with Crippen LogP contribution in [0.1, 0.15) is 43.2 Å². The lowest BCUT2D eigenvalue weighted by atomic mass is 10.0. The average Bonchev–Trinajstić information content (AvgIpc) is 2.89. The maximum Gasteiger partial charge on any atom is 0.0577 e. The van der Waals surface area contributed by atoms with E-state index in [4.69, 9.17) is 4.74 Å². The third-order valence-electron chi connectivity index (χ3n) is 3.73. The molecule has 1 heterocycles. The third kappa shape index (κ3) is 4.43. The number of aryl methyl sites for hydroxylation is 2. The van der Waals surface area contributed by atoms with Gasteiger partial charge in [-0.2, -0.15) is 0 Å². The first-order valence-electron chi connectivity index (χ1n) is 7.09. The van der Waals surface area contributed by atoms with Crippen molar-refractivity contribution in [2.75, 3.05) is 6.61 Å². The monoisotopic (exact) mass is 248 g/mol. The van der Waals surface area contributed by atoms with Crippen molar-refractivity contribution in [3.8, 4) is 0 Å². The van der Waals surface area contributed by atoms with E-state index >= 15 is 0 Å². The van der Waals surface area contributed by atoms with Gasteiger partial charge in [-0.05, 0) is 51.0 Å². The van der Waals surface area contributed by atoms with Crippen LogP contribution in [-0.2, 0) is 11.2 Å². The Morgan fingerprint density at radius 2 is 2.06 bits per heavy atom. The van der Waals surface area contributed by atoms with Crippen LogP contribution in [0.4, 0.5) is 0 Å². The van der Waals surface area contributed by atoms with Gasteiger partial charge < -0.3 is 9.84 Å². The lowest BCUT2D eigenvalue weighted by Gasteiger charge is -2.13. The van der Waals surface area contributed by atoms with Crippen LogP contribution >= 0.6 is 0 Å². The van der Waals surface area contributed by atoms with E-state index in [9.17, 15) is 5.11 Å². The largest absolute Gasteiger partial charge is 0.393 e. The molecule has 0 bridgehead atoms. The van der Waals surface area contributed by atoms with Gasteiger partial charge in [-0.15, -0.1) is 0 Å². The maximum atomic E-state index is 9.97. The minimum atomic E-state index is -0.185. The quantitative estimate of drug-likeness (QED) is 0.837. The zero-order chi connectivity index (χ0) is 12.8. The summed E-state index contributed by atoms with van der Waals surface area (Å²) in [6.45, 7) is 3.00. The summed E-state index contributed by atoms with van der Waals surface area (Å²) in [7, 11) is 0. The van der Waals surface area contributed by atoms with E-state index in [0.717, 1.165) is 32.3 Å². The number of aliphatic hydroxyl groups excluding tert-OH is 1. The molecule has 0 aromatic heterocycles. The highest BCUT2D eigenvalue weighted by Crippen LogP contribution is 2.19. The van der Waals surface area contributed by atoms with Crippen LogP contribution in [0.15, 0.2) is 24.3 Å². The molecule has 0 saturated carbocycles. The number of hydrogen-bond donors (Lipinski definition) is 1. The number of hydrogen-bond acceptors (Lipinski definition) is 2. The first kappa shape index (κ1) is 13.6.